The van der Waals surface area contributed by atoms with E-state index in [0.717, 1.165) is 10.2 Å². The number of hydrogen-bond donors (Lipinski definition) is 1. The van der Waals surface area contributed by atoms with E-state index in [4.69, 9.17) is 0 Å². The Hall–Kier alpha value is -0.620. The van der Waals surface area contributed by atoms with Crippen LogP contribution in [0.15, 0.2) is 22.9 Å². The second kappa shape index (κ2) is 3.51. The van der Waals surface area contributed by atoms with Crippen LogP contribution < -0.4 is 5.32 Å². The van der Waals surface area contributed by atoms with Crippen LogP contribution in [0.1, 0.15) is 0 Å². The van der Waals surface area contributed by atoms with Gasteiger partial charge in [0.15, 0.2) is 9.84 Å². The Balaban J connectivity index is 2.03. The van der Waals surface area contributed by atoms with Gasteiger partial charge in [-0.25, -0.2) is 8.42 Å². The summed E-state index contributed by atoms with van der Waals surface area (Å²) in [5.41, 5.74) is 0.889. The predicted octanol–water partition coefficient (Wildman–Crippen LogP) is 1.05. The van der Waals surface area contributed by atoms with Crippen LogP contribution in [0.2, 0.25) is 0 Å². The second-order valence-corrected chi connectivity index (χ2v) is 6.28. The zero-order chi connectivity index (χ0) is 10.2. The van der Waals surface area contributed by atoms with Crippen LogP contribution in [0.4, 0.5) is 5.69 Å². The van der Waals surface area contributed by atoms with Gasteiger partial charge in [-0.1, -0.05) is 0 Å². The molecule has 0 saturated carbocycles. The van der Waals surface area contributed by atoms with Crippen molar-refractivity contribution in [3.8, 4) is 0 Å². The van der Waals surface area contributed by atoms with Crippen molar-refractivity contribution in [1.29, 1.82) is 0 Å². The summed E-state index contributed by atoms with van der Waals surface area (Å²) in [5, 5.41) is 3.14. The first-order valence-electron chi connectivity index (χ1n) is 4.13. The van der Waals surface area contributed by atoms with Gasteiger partial charge in [0.2, 0.25) is 0 Å². The minimum atomic E-state index is -2.76. The van der Waals surface area contributed by atoms with E-state index >= 15 is 0 Å². The van der Waals surface area contributed by atoms with Crippen LogP contribution in [0.3, 0.4) is 0 Å². The lowest BCUT2D eigenvalue weighted by Gasteiger charge is -2.27. The average molecular weight is 277 g/mol. The van der Waals surface area contributed by atoms with Crippen LogP contribution in [0.5, 0.6) is 0 Å². The van der Waals surface area contributed by atoms with Crippen molar-refractivity contribution in [1.82, 2.24) is 4.98 Å². The molecule has 14 heavy (non-hydrogen) atoms. The molecule has 0 aliphatic carbocycles. The van der Waals surface area contributed by atoms with Crippen molar-refractivity contribution in [3.05, 3.63) is 22.9 Å². The smallest absolute Gasteiger partial charge is 0.154 e. The molecule has 1 N–H and O–H groups in total. The highest BCUT2D eigenvalue weighted by molar-refractivity contribution is 9.10. The van der Waals surface area contributed by atoms with Crippen LogP contribution in [0, 0.1) is 0 Å². The van der Waals surface area contributed by atoms with E-state index in [1.54, 1.807) is 12.4 Å². The SMILES string of the molecule is O=S1(=O)CC(Nc2ccncc2Br)C1. The van der Waals surface area contributed by atoms with Crippen molar-refractivity contribution in [3.63, 3.8) is 0 Å². The topological polar surface area (TPSA) is 59.1 Å². The third-order valence-corrected chi connectivity index (χ3v) is 4.49. The van der Waals surface area contributed by atoms with Crippen molar-refractivity contribution in [2.75, 3.05) is 16.8 Å². The van der Waals surface area contributed by atoms with Gasteiger partial charge >= 0.3 is 0 Å². The Bertz CT molecular complexity index is 434. The lowest BCUT2D eigenvalue weighted by molar-refractivity contribution is 0.570. The minimum Gasteiger partial charge on any atom is -0.379 e. The largest absolute Gasteiger partial charge is 0.379 e. The quantitative estimate of drug-likeness (QED) is 0.878. The fourth-order valence-electron chi connectivity index (χ4n) is 1.36. The van der Waals surface area contributed by atoms with Crippen LogP contribution in [0.25, 0.3) is 0 Å². The molecule has 6 heteroatoms. The molecule has 76 valence electrons. The molecule has 1 saturated heterocycles. The summed E-state index contributed by atoms with van der Waals surface area (Å²) < 4.78 is 22.7. The molecule has 0 amide bonds. The number of nitrogens with zero attached hydrogens (tertiary/aromatic N) is 1. The van der Waals surface area contributed by atoms with Gasteiger partial charge in [-0.3, -0.25) is 4.98 Å². The van der Waals surface area contributed by atoms with Crippen molar-refractivity contribution in [2.45, 2.75) is 6.04 Å². The van der Waals surface area contributed by atoms with Crippen molar-refractivity contribution in [2.24, 2.45) is 0 Å². The monoisotopic (exact) mass is 276 g/mol. The molecule has 0 radical (unpaired) electrons. The second-order valence-electron chi connectivity index (χ2n) is 3.27. The lowest BCUT2D eigenvalue weighted by atomic mass is 10.3. The Morgan fingerprint density at radius 2 is 2.21 bits per heavy atom. The standard InChI is InChI=1S/C8H9BrN2O2S/c9-7-3-10-2-1-8(7)11-6-4-14(12,13)5-6/h1-3,6H,4-5H2,(H,10,11). The Morgan fingerprint density at radius 3 is 2.79 bits per heavy atom. The number of halogens is 1. The zero-order valence-electron chi connectivity index (χ0n) is 7.27. The summed E-state index contributed by atoms with van der Waals surface area (Å²) in [4.78, 5) is 3.92. The molecule has 1 aromatic heterocycles. The molecule has 4 nitrogen and oxygen atoms in total. The fraction of sp³-hybridized carbons (Fsp3) is 0.375. The average Bonchev–Trinajstić information content (AvgIpc) is 2.05. The van der Waals surface area contributed by atoms with Crippen molar-refractivity contribution >= 4 is 31.5 Å². The third kappa shape index (κ3) is 2.06. The van der Waals surface area contributed by atoms with Gasteiger partial charge in [0.1, 0.15) is 0 Å². The molecule has 0 unspecified atom stereocenters. The van der Waals surface area contributed by atoms with E-state index in [1.165, 1.54) is 0 Å². The first kappa shape index (κ1) is 9.92. The Kier molecular flexibility index (Phi) is 2.48. The maximum Gasteiger partial charge on any atom is 0.154 e. The van der Waals surface area contributed by atoms with E-state index < -0.39 is 9.84 Å². The number of hydrogen-bond acceptors (Lipinski definition) is 4. The molecule has 1 aromatic rings. The van der Waals surface area contributed by atoms with Gasteiger partial charge in [-0.2, -0.15) is 0 Å². The van der Waals surface area contributed by atoms with Gasteiger partial charge in [-0.15, -0.1) is 0 Å². The maximum absolute atomic E-state index is 10.9. The summed E-state index contributed by atoms with van der Waals surface area (Å²) >= 11 is 3.33. The predicted molar refractivity (Wildman–Crippen MR) is 58.0 cm³/mol. The highest BCUT2D eigenvalue weighted by atomic mass is 79.9. The zero-order valence-corrected chi connectivity index (χ0v) is 9.68. The molecule has 0 atom stereocenters. The van der Waals surface area contributed by atoms with Gasteiger partial charge in [-0.05, 0) is 22.0 Å². The number of aromatic nitrogens is 1. The molecule has 1 fully saturated rings. The molecule has 2 heterocycles. The van der Waals surface area contributed by atoms with Crippen LogP contribution in [-0.2, 0) is 9.84 Å². The summed E-state index contributed by atoms with van der Waals surface area (Å²) in [6, 6.07) is 1.85. The van der Waals surface area contributed by atoms with E-state index in [1.807, 2.05) is 6.07 Å². The molecule has 0 bridgehead atoms. The van der Waals surface area contributed by atoms with E-state index in [0.29, 0.717) is 0 Å². The van der Waals surface area contributed by atoms with E-state index in [2.05, 4.69) is 26.2 Å². The normalized spacial score (nSPS) is 20.1. The van der Waals surface area contributed by atoms with E-state index in [9.17, 15) is 8.42 Å². The fourth-order valence-corrected chi connectivity index (χ4v) is 3.02. The third-order valence-electron chi connectivity index (χ3n) is 2.04. The van der Waals surface area contributed by atoms with Crippen molar-refractivity contribution < 1.29 is 8.42 Å². The maximum atomic E-state index is 10.9. The van der Waals surface area contributed by atoms with Crippen LogP contribution >= 0.6 is 15.9 Å². The van der Waals surface area contributed by atoms with Crippen LogP contribution in [-0.4, -0.2) is 30.9 Å². The Morgan fingerprint density at radius 1 is 1.50 bits per heavy atom. The first-order valence-corrected chi connectivity index (χ1v) is 6.75. The first-order chi connectivity index (χ1) is 6.57. The summed E-state index contributed by atoms with van der Waals surface area (Å²) in [5.74, 6) is 0.448. The summed E-state index contributed by atoms with van der Waals surface area (Å²) in [6.45, 7) is 0. The molecule has 0 aromatic carbocycles. The molecule has 0 spiro atoms. The number of anilines is 1. The molecule has 2 rings (SSSR count). The highest BCUT2D eigenvalue weighted by Gasteiger charge is 2.33. The van der Waals surface area contributed by atoms with Gasteiger partial charge in [0.05, 0.1) is 27.7 Å². The highest BCUT2D eigenvalue weighted by Crippen LogP contribution is 2.23. The Labute approximate surface area is 90.8 Å². The summed E-state index contributed by atoms with van der Waals surface area (Å²) in [6.07, 6.45) is 3.34. The van der Waals surface area contributed by atoms with Gasteiger partial charge < -0.3 is 5.32 Å². The summed E-state index contributed by atoms with van der Waals surface area (Å²) in [7, 11) is -2.76. The number of nitrogens with one attached hydrogen (secondary N) is 1. The lowest BCUT2D eigenvalue weighted by Crippen LogP contribution is -2.46. The van der Waals surface area contributed by atoms with Gasteiger partial charge in [0, 0.05) is 12.4 Å². The van der Waals surface area contributed by atoms with E-state index in [-0.39, 0.29) is 17.5 Å². The number of rotatable bonds is 2. The number of sulfone groups is 1. The molecular weight excluding hydrogens is 268 g/mol. The molecular formula is C8H9BrN2O2S. The number of pyridine rings is 1. The molecule has 1 aliphatic heterocycles. The van der Waals surface area contributed by atoms with Gasteiger partial charge in [0.25, 0.3) is 0 Å². The minimum absolute atomic E-state index is 0.0405. The molecule has 1 aliphatic rings.